The van der Waals surface area contributed by atoms with Crippen LogP contribution in [0.4, 0.5) is 5.69 Å². The van der Waals surface area contributed by atoms with Gasteiger partial charge in [-0.25, -0.2) is 0 Å². The summed E-state index contributed by atoms with van der Waals surface area (Å²) in [6.07, 6.45) is 0.810. The number of carbonyl (C=O) groups excluding carboxylic acids is 2. The molecule has 0 unspecified atom stereocenters. The summed E-state index contributed by atoms with van der Waals surface area (Å²) in [4.78, 5) is 27.9. The van der Waals surface area contributed by atoms with Crippen molar-refractivity contribution in [1.82, 2.24) is 4.90 Å². The summed E-state index contributed by atoms with van der Waals surface area (Å²) >= 11 is 1.67. The Hall–Kier alpha value is -3.16. The van der Waals surface area contributed by atoms with Gasteiger partial charge in [0.15, 0.2) is 17.3 Å². The monoisotopic (exact) mass is 450 g/mol. The van der Waals surface area contributed by atoms with E-state index in [1.165, 1.54) is 17.4 Å². The number of thiophene rings is 1. The lowest BCUT2D eigenvalue weighted by Gasteiger charge is -2.37. The number of amides is 1. The predicted molar refractivity (Wildman–Crippen MR) is 126 cm³/mol. The number of hydrogen-bond donors (Lipinski definition) is 1. The van der Waals surface area contributed by atoms with Gasteiger partial charge in [-0.05, 0) is 60.2 Å². The van der Waals surface area contributed by atoms with Gasteiger partial charge in [0.25, 0.3) is 0 Å². The summed E-state index contributed by atoms with van der Waals surface area (Å²) in [7, 11) is 3.27. The van der Waals surface area contributed by atoms with Gasteiger partial charge in [-0.1, -0.05) is 18.2 Å². The predicted octanol–water partition coefficient (Wildman–Crippen LogP) is 4.55. The largest absolute Gasteiger partial charge is 0.493 e. The normalized spacial score (nSPS) is 15.7. The highest BCUT2D eigenvalue weighted by Crippen LogP contribution is 2.42. The van der Waals surface area contributed by atoms with Crippen molar-refractivity contribution in [3.05, 3.63) is 75.5 Å². The minimum Gasteiger partial charge on any atom is -0.493 e. The highest BCUT2D eigenvalue weighted by molar-refractivity contribution is 7.10. The zero-order valence-corrected chi connectivity index (χ0v) is 19.2. The van der Waals surface area contributed by atoms with E-state index in [0.29, 0.717) is 22.7 Å². The fraction of sp³-hybridized carbons (Fsp3) is 0.280. The van der Waals surface area contributed by atoms with E-state index in [1.807, 2.05) is 18.2 Å². The van der Waals surface area contributed by atoms with Crippen molar-refractivity contribution in [1.29, 1.82) is 0 Å². The maximum atomic E-state index is 12.9. The van der Waals surface area contributed by atoms with E-state index in [-0.39, 0.29) is 24.3 Å². The first-order valence-electron chi connectivity index (χ1n) is 10.4. The molecule has 1 aromatic heterocycles. The Kier molecular flexibility index (Phi) is 6.58. The Labute approximate surface area is 191 Å². The molecule has 2 aromatic carbocycles. The first-order valence-corrected chi connectivity index (χ1v) is 11.3. The van der Waals surface area contributed by atoms with Crippen LogP contribution < -0.4 is 14.8 Å². The molecule has 1 atom stereocenters. The van der Waals surface area contributed by atoms with Gasteiger partial charge in [-0.2, -0.15) is 0 Å². The summed E-state index contributed by atoms with van der Waals surface area (Å²) in [6, 6.07) is 15.2. The number of methoxy groups -OCH3 is 2. The molecule has 6 nitrogen and oxygen atoms in total. The van der Waals surface area contributed by atoms with Gasteiger partial charge in [0.05, 0.1) is 26.8 Å². The molecule has 1 amide bonds. The Balaban J connectivity index is 1.61. The zero-order chi connectivity index (χ0) is 22.7. The van der Waals surface area contributed by atoms with Crippen LogP contribution in [0.3, 0.4) is 0 Å². The van der Waals surface area contributed by atoms with Crippen molar-refractivity contribution in [3.63, 3.8) is 0 Å². The Morgan fingerprint density at radius 2 is 1.88 bits per heavy atom. The summed E-state index contributed by atoms with van der Waals surface area (Å²) in [6.45, 7) is 2.49. The number of ether oxygens (including phenoxy) is 2. The third kappa shape index (κ3) is 4.54. The Morgan fingerprint density at radius 3 is 2.56 bits per heavy atom. The van der Waals surface area contributed by atoms with Crippen molar-refractivity contribution in [2.75, 3.05) is 32.6 Å². The number of Topliss-reactive ketones (excluding diaryl/α,β-unsaturated/α-hetero) is 1. The Bertz CT molecular complexity index is 1130. The molecule has 3 aromatic rings. The minimum atomic E-state index is -0.115. The number of carbonyl (C=O) groups is 2. The fourth-order valence-electron chi connectivity index (χ4n) is 4.15. The lowest BCUT2D eigenvalue weighted by atomic mass is 9.91. The number of hydrogen-bond acceptors (Lipinski definition) is 6. The topological polar surface area (TPSA) is 67.9 Å². The van der Waals surface area contributed by atoms with E-state index < -0.39 is 0 Å². The lowest BCUT2D eigenvalue weighted by Crippen LogP contribution is -2.40. The average Bonchev–Trinajstić information content (AvgIpc) is 3.32. The number of nitrogens with zero attached hydrogens (tertiary/aromatic N) is 1. The molecule has 0 fully saturated rings. The fourth-order valence-corrected chi connectivity index (χ4v) is 5.03. The zero-order valence-electron chi connectivity index (χ0n) is 18.4. The van der Waals surface area contributed by atoms with Crippen LogP contribution in [-0.2, 0) is 11.2 Å². The van der Waals surface area contributed by atoms with Crippen LogP contribution in [0.25, 0.3) is 0 Å². The molecular formula is C25H26N2O4S. The van der Waals surface area contributed by atoms with Crippen LogP contribution >= 0.6 is 11.3 Å². The van der Waals surface area contributed by atoms with Crippen LogP contribution in [-0.4, -0.2) is 43.9 Å². The van der Waals surface area contributed by atoms with E-state index in [9.17, 15) is 9.59 Å². The second-order valence-corrected chi connectivity index (χ2v) is 8.71. The molecule has 1 aliphatic heterocycles. The molecule has 0 saturated carbocycles. The van der Waals surface area contributed by atoms with E-state index in [0.717, 1.165) is 18.5 Å². The second-order valence-electron chi connectivity index (χ2n) is 7.73. The molecule has 1 aliphatic rings. The smallest absolute Gasteiger partial charge is 0.238 e. The molecule has 0 spiro atoms. The van der Waals surface area contributed by atoms with Gasteiger partial charge in [0.1, 0.15) is 0 Å². The SMILES string of the molecule is COc1cc2c(cc1OC)[C@H](c1cccs1)N(CC(=O)Nc1cccc(C(C)=O)c1)CC2. The molecule has 4 rings (SSSR count). The van der Waals surface area contributed by atoms with Gasteiger partial charge in [-0.15, -0.1) is 11.3 Å². The Morgan fingerprint density at radius 1 is 1.09 bits per heavy atom. The van der Waals surface area contributed by atoms with E-state index in [4.69, 9.17) is 9.47 Å². The third-order valence-corrected chi connectivity index (χ3v) is 6.61. The molecule has 166 valence electrons. The average molecular weight is 451 g/mol. The molecule has 2 heterocycles. The van der Waals surface area contributed by atoms with E-state index in [2.05, 4.69) is 21.7 Å². The van der Waals surface area contributed by atoms with Crippen molar-refractivity contribution in [2.45, 2.75) is 19.4 Å². The number of anilines is 1. The molecule has 0 bridgehead atoms. The maximum Gasteiger partial charge on any atom is 0.238 e. The highest BCUT2D eigenvalue weighted by Gasteiger charge is 2.32. The van der Waals surface area contributed by atoms with Gasteiger partial charge in [0.2, 0.25) is 5.91 Å². The summed E-state index contributed by atoms with van der Waals surface area (Å²) in [5.74, 6) is 1.25. The standard InChI is InChI=1S/C25H26N2O4S/c1-16(28)17-6-4-7-19(12-17)26-24(29)15-27-10-9-18-13-21(30-2)22(31-3)14-20(18)25(27)23-8-5-11-32-23/h4-8,11-14,25H,9-10,15H2,1-3H3,(H,26,29)/t25-/m1/s1. The second kappa shape index (κ2) is 9.54. The first kappa shape index (κ1) is 22.0. The van der Waals surface area contributed by atoms with Gasteiger partial charge < -0.3 is 14.8 Å². The number of benzene rings is 2. The molecular weight excluding hydrogens is 424 g/mol. The molecule has 7 heteroatoms. The van der Waals surface area contributed by atoms with Gasteiger partial charge in [0, 0.05) is 22.7 Å². The van der Waals surface area contributed by atoms with Crippen molar-refractivity contribution in [3.8, 4) is 11.5 Å². The van der Waals surface area contributed by atoms with Crippen molar-refractivity contribution >= 4 is 28.7 Å². The molecule has 0 radical (unpaired) electrons. The van der Waals surface area contributed by atoms with E-state index in [1.54, 1.807) is 49.8 Å². The number of nitrogens with one attached hydrogen (secondary N) is 1. The van der Waals surface area contributed by atoms with Crippen LogP contribution in [0.5, 0.6) is 11.5 Å². The van der Waals surface area contributed by atoms with Gasteiger partial charge >= 0.3 is 0 Å². The number of ketones is 1. The lowest BCUT2D eigenvalue weighted by molar-refractivity contribution is -0.117. The number of fused-ring (bicyclic) bond motifs is 1. The quantitative estimate of drug-likeness (QED) is 0.535. The van der Waals surface area contributed by atoms with Crippen LogP contribution in [0, 0.1) is 0 Å². The molecule has 0 aliphatic carbocycles. The summed E-state index contributed by atoms with van der Waals surface area (Å²) < 4.78 is 11.0. The summed E-state index contributed by atoms with van der Waals surface area (Å²) in [5.41, 5.74) is 3.53. The van der Waals surface area contributed by atoms with Gasteiger partial charge in [-0.3, -0.25) is 14.5 Å². The first-order chi connectivity index (χ1) is 15.5. The van der Waals surface area contributed by atoms with Crippen LogP contribution in [0.1, 0.15) is 39.3 Å². The van der Waals surface area contributed by atoms with Crippen molar-refractivity contribution in [2.24, 2.45) is 0 Å². The molecule has 32 heavy (non-hydrogen) atoms. The highest BCUT2D eigenvalue weighted by atomic mass is 32.1. The van der Waals surface area contributed by atoms with Crippen LogP contribution in [0.15, 0.2) is 53.9 Å². The molecule has 0 saturated heterocycles. The third-order valence-electron chi connectivity index (χ3n) is 5.69. The van der Waals surface area contributed by atoms with E-state index >= 15 is 0 Å². The van der Waals surface area contributed by atoms with Crippen LogP contribution in [0.2, 0.25) is 0 Å². The summed E-state index contributed by atoms with van der Waals surface area (Å²) in [5, 5.41) is 4.99. The minimum absolute atomic E-state index is 0.0316. The molecule has 1 N–H and O–H groups in total. The number of rotatable bonds is 7. The maximum absolute atomic E-state index is 12.9. The van der Waals surface area contributed by atoms with Crippen molar-refractivity contribution < 1.29 is 19.1 Å².